The minimum absolute atomic E-state index is 0.0937. The predicted octanol–water partition coefficient (Wildman–Crippen LogP) is 0.841. The Morgan fingerprint density at radius 3 is 2.46 bits per heavy atom. The quantitative estimate of drug-likeness (QED) is 0.540. The van der Waals surface area contributed by atoms with Gasteiger partial charge >= 0.3 is 5.76 Å². The molecule has 3 N–H and O–H groups in total. The molecular weight excluding hydrogens is 382 g/mol. The third-order valence-electron chi connectivity index (χ3n) is 3.41. The van der Waals surface area contributed by atoms with E-state index in [1.807, 2.05) is 0 Å². The zero-order valence-corrected chi connectivity index (χ0v) is 14.9. The van der Waals surface area contributed by atoms with E-state index in [2.05, 4.69) is 14.4 Å². The smallest absolute Gasteiger partial charge is 0.408 e. The Balaban J connectivity index is 1.66. The van der Waals surface area contributed by atoms with Gasteiger partial charge in [-0.05, 0) is 24.3 Å². The standard InChI is InChI=1S/C15H15N3O6S2/c19-15-17-13-7-6-12(10-14(13)24-15)26(22,23)16-8-9-25(20,21)18-11-4-2-1-3-5-11/h1-7,10,16,18H,8-9H2,(H,17,19). The lowest BCUT2D eigenvalue weighted by Crippen LogP contribution is -2.31. The second-order valence-electron chi connectivity index (χ2n) is 5.36. The molecule has 11 heteroatoms. The van der Waals surface area contributed by atoms with E-state index < -0.39 is 31.6 Å². The lowest BCUT2D eigenvalue weighted by molar-refractivity contribution is 0.553. The van der Waals surface area contributed by atoms with Crippen molar-refractivity contribution in [2.24, 2.45) is 0 Å². The lowest BCUT2D eigenvalue weighted by Gasteiger charge is -2.09. The molecule has 0 saturated carbocycles. The van der Waals surface area contributed by atoms with Crippen LogP contribution in [-0.4, -0.2) is 34.1 Å². The number of nitrogens with one attached hydrogen (secondary N) is 3. The maximum absolute atomic E-state index is 12.3. The molecule has 3 rings (SSSR count). The molecule has 0 aliphatic heterocycles. The van der Waals surface area contributed by atoms with Gasteiger partial charge in [-0.1, -0.05) is 18.2 Å². The number of para-hydroxylation sites is 1. The first-order valence-corrected chi connectivity index (χ1v) is 10.6. The van der Waals surface area contributed by atoms with Crippen molar-refractivity contribution in [1.82, 2.24) is 9.71 Å². The van der Waals surface area contributed by atoms with Gasteiger partial charge in [-0.2, -0.15) is 0 Å². The van der Waals surface area contributed by atoms with Crippen LogP contribution < -0.4 is 15.2 Å². The van der Waals surface area contributed by atoms with Crippen molar-refractivity contribution in [2.45, 2.75) is 4.90 Å². The van der Waals surface area contributed by atoms with Gasteiger partial charge in [0, 0.05) is 18.3 Å². The maximum atomic E-state index is 12.3. The molecule has 0 unspecified atom stereocenters. The molecule has 26 heavy (non-hydrogen) atoms. The Morgan fingerprint density at radius 2 is 1.73 bits per heavy atom. The van der Waals surface area contributed by atoms with Gasteiger partial charge < -0.3 is 4.42 Å². The molecule has 0 atom stereocenters. The number of fused-ring (bicyclic) bond motifs is 1. The largest absolute Gasteiger partial charge is 0.417 e. The van der Waals surface area contributed by atoms with Crippen LogP contribution in [0.2, 0.25) is 0 Å². The van der Waals surface area contributed by atoms with Gasteiger partial charge in [0.1, 0.15) is 0 Å². The van der Waals surface area contributed by atoms with Crippen LogP contribution in [0.3, 0.4) is 0 Å². The highest BCUT2D eigenvalue weighted by atomic mass is 32.2. The number of H-pyrrole nitrogens is 1. The Kier molecular flexibility index (Phi) is 4.85. The first-order valence-electron chi connectivity index (χ1n) is 7.43. The van der Waals surface area contributed by atoms with E-state index in [4.69, 9.17) is 4.42 Å². The second-order valence-corrected chi connectivity index (χ2v) is 8.97. The molecule has 0 spiro atoms. The summed E-state index contributed by atoms with van der Waals surface area (Å²) in [7, 11) is -7.67. The summed E-state index contributed by atoms with van der Waals surface area (Å²) in [4.78, 5) is 13.4. The van der Waals surface area contributed by atoms with E-state index in [1.54, 1.807) is 30.3 Å². The zero-order chi connectivity index (χ0) is 18.8. The van der Waals surface area contributed by atoms with E-state index in [1.165, 1.54) is 18.2 Å². The first kappa shape index (κ1) is 18.2. The number of benzene rings is 2. The topological polar surface area (TPSA) is 138 Å². The van der Waals surface area contributed by atoms with Crippen molar-refractivity contribution in [2.75, 3.05) is 17.0 Å². The van der Waals surface area contributed by atoms with Crippen LogP contribution in [0.15, 0.2) is 62.6 Å². The van der Waals surface area contributed by atoms with Crippen molar-refractivity contribution in [3.8, 4) is 0 Å². The molecule has 0 radical (unpaired) electrons. The number of oxazole rings is 1. The van der Waals surface area contributed by atoms with Crippen molar-refractivity contribution < 1.29 is 21.3 Å². The summed E-state index contributed by atoms with van der Waals surface area (Å²) < 4.78 is 57.9. The van der Waals surface area contributed by atoms with Crippen LogP contribution >= 0.6 is 0 Å². The Morgan fingerprint density at radius 1 is 1.00 bits per heavy atom. The lowest BCUT2D eigenvalue weighted by atomic mass is 10.3. The van der Waals surface area contributed by atoms with Crippen molar-refractivity contribution in [1.29, 1.82) is 0 Å². The van der Waals surface area contributed by atoms with E-state index in [9.17, 15) is 21.6 Å². The highest BCUT2D eigenvalue weighted by Gasteiger charge is 2.18. The van der Waals surface area contributed by atoms with Crippen molar-refractivity contribution >= 4 is 36.8 Å². The molecule has 0 amide bonds. The molecule has 0 aliphatic carbocycles. The van der Waals surface area contributed by atoms with E-state index >= 15 is 0 Å². The Labute approximate surface area is 149 Å². The van der Waals surface area contributed by atoms with Crippen molar-refractivity contribution in [3.05, 3.63) is 59.1 Å². The molecule has 3 aromatic rings. The second kappa shape index (κ2) is 6.94. The molecule has 138 valence electrons. The third kappa shape index (κ3) is 4.31. The summed E-state index contributed by atoms with van der Waals surface area (Å²) in [5.41, 5.74) is 0.850. The molecule has 1 heterocycles. The van der Waals surface area contributed by atoms with Crippen LogP contribution in [0.5, 0.6) is 0 Å². The van der Waals surface area contributed by atoms with E-state index in [0.29, 0.717) is 11.2 Å². The van der Waals surface area contributed by atoms with Gasteiger partial charge in [0.2, 0.25) is 20.0 Å². The monoisotopic (exact) mass is 397 g/mol. The average Bonchev–Trinajstić information content (AvgIpc) is 2.94. The first-order chi connectivity index (χ1) is 12.3. The fourth-order valence-corrected chi connectivity index (χ4v) is 4.37. The molecule has 1 aromatic heterocycles. The normalized spacial score (nSPS) is 12.3. The highest BCUT2D eigenvalue weighted by molar-refractivity contribution is 7.92. The fourth-order valence-electron chi connectivity index (χ4n) is 2.22. The van der Waals surface area contributed by atoms with E-state index in [0.717, 1.165) is 0 Å². The van der Waals surface area contributed by atoms with Gasteiger partial charge in [-0.15, -0.1) is 0 Å². The average molecular weight is 397 g/mol. The van der Waals surface area contributed by atoms with Gasteiger partial charge in [-0.3, -0.25) is 9.71 Å². The number of hydrogen-bond donors (Lipinski definition) is 3. The minimum Gasteiger partial charge on any atom is -0.408 e. The summed E-state index contributed by atoms with van der Waals surface area (Å²) in [6.45, 7) is -0.320. The van der Waals surface area contributed by atoms with Crippen LogP contribution in [0.4, 0.5) is 5.69 Å². The van der Waals surface area contributed by atoms with Crippen LogP contribution in [0, 0.1) is 0 Å². The SMILES string of the molecule is O=c1[nH]c2ccc(S(=O)(=O)NCCS(=O)(=O)Nc3ccccc3)cc2o1. The summed E-state index contributed by atoms with van der Waals surface area (Å²) in [5, 5.41) is 0. The minimum atomic E-state index is -3.96. The summed E-state index contributed by atoms with van der Waals surface area (Å²) >= 11 is 0. The summed E-state index contributed by atoms with van der Waals surface area (Å²) in [6, 6.07) is 12.1. The number of aromatic amines is 1. The van der Waals surface area contributed by atoms with Crippen molar-refractivity contribution in [3.63, 3.8) is 0 Å². The number of anilines is 1. The Bertz CT molecular complexity index is 1180. The van der Waals surface area contributed by atoms with E-state index in [-0.39, 0.29) is 17.0 Å². The summed E-state index contributed by atoms with van der Waals surface area (Å²) in [6.07, 6.45) is 0. The molecule has 0 bridgehead atoms. The number of rotatable bonds is 7. The molecule has 0 aliphatic rings. The van der Waals surface area contributed by atoms with Crippen LogP contribution in [0.1, 0.15) is 0 Å². The highest BCUT2D eigenvalue weighted by Crippen LogP contribution is 2.16. The predicted molar refractivity (Wildman–Crippen MR) is 95.9 cm³/mol. The van der Waals surface area contributed by atoms with Gasteiger partial charge in [0.15, 0.2) is 5.58 Å². The molecular formula is C15H15N3O6S2. The summed E-state index contributed by atoms with van der Waals surface area (Å²) in [5.74, 6) is -1.14. The van der Waals surface area contributed by atoms with Gasteiger partial charge in [0.05, 0.1) is 16.2 Å². The molecule has 9 nitrogen and oxygen atoms in total. The fraction of sp³-hybridized carbons (Fsp3) is 0.133. The maximum Gasteiger partial charge on any atom is 0.417 e. The van der Waals surface area contributed by atoms with Gasteiger partial charge in [-0.25, -0.2) is 26.4 Å². The molecule has 2 aromatic carbocycles. The zero-order valence-electron chi connectivity index (χ0n) is 13.3. The third-order valence-corrected chi connectivity index (χ3v) is 6.16. The molecule has 0 fully saturated rings. The number of aromatic nitrogens is 1. The van der Waals surface area contributed by atoms with Crippen LogP contribution in [-0.2, 0) is 20.0 Å². The number of sulfonamides is 2. The van der Waals surface area contributed by atoms with Crippen LogP contribution in [0.25, 0.3) is 11.1 Å². The number of hydrogen-bond acceptors (Lipinski definition) is 6. The Hall–Kier alpha value is -2.63. The van der Waals surface area contributed by atoms with Gasteiger partial charge in [0.25, 0.3) is 0 Å². The molecule has 0 saturated heterocycles.